The van der Waals surface area contributed by atoms with Crippen LogP contribution >= 0.6 is 0 Å². The number of pyridine rings is 1. The van der Waals surface area contributed by atoms with Crippen molar-refractivity contribution in [2.24, 2.45) is 0 Å². The molecule has 1 nitrogen and oxygen atoms in total. The van der Waals surface area contributed by atoms with Crippen LogP contribution in [0.4, 0.5) is 4.39 Å². The van der Waals surface area contributed by atoms with Crippen LogP contribution in [0.25, 0.3) is 6.08 Å². The summed E-state index contributed by atoms with van der Waals surface area (Å²) < 4.78 is 13.3. The Morgan fingerprint density at radius 2 is 1.89 bits per heavy atom. The van der Waals surface area contributed by atoms with Gasteiger partial charge in [-0.25, -0.2) is 4.39 Å². The summed E-state index contributed by atoms with van der Waals surface area (Å²) in [5, 5.41) is 0. The second-order valence-electron chi connectivity index (χ2n) is 4.64. The second kappa shape index (κ2) is 6.83. The van der Waals surface area contributed by atoms with Crippen LogP contribution in [-0.4, -0.2) is 4.98 Å². The van der Waals surface area contributed by atoms with E-state index >= 15 is 0 Å². The fourth-order valence-electron chi connectivity index (χ4n) is 2.02. The Morgan fingerprint density at radius 1 is 1.16 bits per heavy atom. The molecule has 0 atom stereocenters. The van der Waals surface area contributed by atoms with Gasteiger partial charge in [0, 0.05) is 18.0 Å². The molecule has 1 aliphatic carbocycles. The van der Waals surface area contributed by atoms with E-state index in [4.69, 9.17) is 0 Å². The molecule has 1 aliphatic rings. The van der Waals surface area contributed by atoms with Gasteiger partial charge in [-0.2, -0.15) is 0 Å². The molecule has 0 radical (unpaired) electrons. The first-order chi connectivity index (χ1) is 9.31. The summed E-state index contributed by atoms with van der Waals surface area (Å²) >= 11 is 0. The van der Waals surface area contributed by atoms with Crippen molar-refractivity contribution in [3.63, 3.8) is 0 Å². The quantitative estimate of drug-likeness (QED) is 0.749. The van der Waals surface area contributed by atoms with Gasteiger partial charge < -0.3 is 0 Å². The number of nitrogens with zero attached hydrogens (tertiary/aromatic N) is 1. The molecule has 2 heteroatoms. The first-order valence-electron chi connectivity index (χ1n) is 6.58. The minimum Gasteiger partial charge on any atom is -0.265 e. The summed E-state index contributed by atoms with van der Waals surface area (Å²) in [4.78, 5) is 3.78. The van der Waals surface area contributed by atoms with Gasteiger partial charge in [-0.3, -0.25) is 4.98 Å². The lowest BCUT2D eigenvalue weighted by molar-refractivity contribution is 0.418. The lowest BCUT2D eigenvalue weighted by atomic mass is 9.80. The molecule has 0 spiro atoms. The Hall–Kier alpha value is -1.96. The van der Waals surface area contributed by atoms with Gasteiger partial charge >= 0.3 is 0 Å². The van der Waals surface area contributed by atoms with Gasteiger partial charge in [0.05, 0.1) is 0 Å². The van der Waals surface area contributed by atoms with Gasteiger partial charge in [0.15, 0.2) is 0 Å². The molecule has 0 aliphatic heterocycles. The molecule has 0 saturated heterocycles. The zero-order valence-electron chi connectivity index (χ0n) is 10.9. The highest BCUT2D eigenvalue weighted by Crippen LogP contribution is 2.36. The Morgan fingerprint density at radius 3 is 2.26 bits per heavy atom. The average Bonchev–Trinajstić information content (AvgIpc) is 2.40. The summed E-state index contributed by atoms with van der Waals surface area (Å²) in [6.45, 7) is 3.56. The molecule has 1 aromatic carbocycles. The Bertz CT molecular complexity index is 491. The summed E-state index contributed by atoms with van der Waals surface area (Å²) in [6, 6.07) is 11.2. The van der Waals surface area contributed by atoms with Crippen LogP contribution in [0.15, 0.2) is 55.4 Å². The molecule has 1 heterocycles. The summed E-state index contributed by atoms with van der Waals surface area (Å²) in [7, 11) is 0. The monoisotopic (exact) mass is 255 g/mol. The van der Waals surface area contributed by atoms with Crippen molar-refractivity contribution in [3.05, 3.63) is 72.3 Å². The van der Waals surface area contributed by atoms with E-state index in [-0.39, 0.29) is 5.82 Å². The van der Waals surface area contributed by atoms with Crippen LogP contribution in [0.5, 0.6) is 0 Å². The fourth-order valence-corrected chi connectivity index (χ4v) is 2.02. The summed E-state index contributed by atoms with van der Waals surface area (Å²) in [5.41, 5.74) is 1.75. The average molecular weight is 255 g/mol. The third-order valence-corrected chi connectivity index (χ3v) is 3.39. The molecule has 1 saturated carbocycles. The first kappa shape index (κ1) is 13.5. The molecule has 0 amide bonds. The lowest BCUT2D eigenvalue weighted by Gasteiger charge is -2.25. The van der Waals surface area contributed by atoms with Crippen LogP contribution in [-0.2, 0) is 0 Å². The maximum absolute atomic E-state index is 13.3. The van der Waals surface area contributed by atoms with Gasteiger partial charge in [0.2, 0.25) is 0 Å². The lowest BCUT2D eigenvalue weighted by Crippen LogP contribution is -2.08. The van der Waals surface area contributed by atoms with Gasteiger partial charge in [0.1, 0.15) is 5.82 Å². The maximum Gasteiger partial charge on any atom is 0.130 e. The Kier molecular flexibility index (Phi) is 4.85. The normalized spacial score (nSPS) is 13.9. The maximum atomic E-state index is 13.3. The van der Waals surface area contributed by atoms with Crippen molar-refractivity contribution in [1.82, 2.24) is 4.98 Å². The van der Waals surface area contributed by atoms with Crippen molar-refractivity contribution in [3.8, 4) is 0 Å². The highest BCUT2D eigenvalue weighted by Gasteiger charge is 2.19. The Balaban J connectivity index is 0.000000186. The van der Waals surface area contributed by atoms with E-state index in [0.717, 1.165) is 5.56 Å². The standard InChI is InChI=1S/C12H13F.C5H5N/c1-2-9-6-7-11(8-12(9)13)10-4-3-5-10;1-2-4-6-5-3-1/h2,6-8,10H,1,3-5H2;1-5H. The fraction of sp³-hybridized carbons (Fsp3) is 0.235. The minimum absolute atomic E-state index is 0.139. The number of rotatable bonds is 2. The van der Waals surface area contributed by atoms with Crippen molar-refractivity contribution in [2.75, 3.05) is 0 Å². The van der Waals surface area contributed by atoms with E-state index in [1.807, 2.05) is 30.3 Å². The first-order valence-corrected chi connectivity index (χ1v) is 6.58. The van der Waals surface area contributed by atoms with Crippen LogP contribution in [0, 0.1) is 5.82 Å². The van der Waals surface area contributed by atoms with Crippen LogP contribution in [0.3, 0.4) is 0 Å². The summed E-state index contributed by atoms with van der Waals surface area (Å²) in [5.74, 6) is 0.466. The van der Waals surface area contributed by atoms with Crippen LogP contribution in [0.1, 0.15) is 36.3 Å². The zero-order chi connectivity index (χ0) is 13.5. The van der Waals surface area contributed by atoms with Crippen molar-refractivity contribution in [1.29, 1.82) is 0 Å². The van der Waals surface area contributed by atoms with Gasteiger partial charge in [-0.1, -0.05) is 37.3 Å². The highest BCUT2D eigenvalue weighted by molar-refractivity contribution is 5.48. The molecular weight excluding hydrogens is 237 g/mol. The third-order valence-electron chi connectivity index (χ3n) is 3.39. The molecule has 1 fully saturated rings. The smallest absolute Gasteiger partial charge is 0.130 e. The zero-order valence-corrected chi connectivity index (χ0v) is 10.9. The number of aromatic nitrogens is 1. The predicted molar refractivity (Wildman–Crippen MR) is 77.3 cm³/mol. The number of halogens is 1. The molecule has 3 rings (SSSR count). The number of hydrogen-bond acceptors (Lipinski definition) is 1. The molecule has 98 valence electrons. The molecule has 2 aromatic rings. The topological polar surface area (TPSA) is 12.9 Å². The largest absolute Gasteiger partial charge is 0.265 e. The van der Waals surface area contributed by atoms with Crippen molar-refractivity contribution >= 4 is 6.08 Å². The van der Waals surface area contributed by atoms with E-state index in [2.05, 4.69) is 11.6 Å². The van der Waals surface area contributed by atoms with Crippen molar-refractivity contribution in [2.45, 2.75) is 25.2 Å². The summed E-state index contributed by atoms with van der Waals surface area (Å²) in [6.07, 6.45) is 8.77. The van der Waals surface area contributed by atoms with Crippen molar-refractivity contribution < 1.29 is 4.39 Å². The molecule has 1 aromatic heterocycles. The van der Waals surface area contributed by atoms with E-state index in [1.54, 1.807) is 24.5 Å². The number of hydrogen-bond donors (Lipinski definition) is 0. The van der Waals surface area contributed by atoms with Crippen LogP contribution < -0.4 is 0 Å². The predicted octanol–water partition coefficient (Wildman–Crippen LogP) is 4.82. The SMILES string of the molecule is C=Cc1ccc(C2CCC2)cc1F.c1ccncc1. The van der Waals surface area contributed by atoms with Gasteiger partial charge in [-0.05, 0) is 42.5 Å². The third kappa shape index (κ3) is 3.75. The van der Waals surface area contributed by atoms with E-state index in [1.165, 1.54) is 19.3 Å². The van der Waals surface area contributed by atoms with Gasteiger partial charge in [0.25, 0.3) is 0 Å². The second-order valence-corrected chi connectivity index (χ2v) is 4.64. The molecular formula is C17H18FN. The number of benzene rings is 1. The molecule has 0 unspecified atom stereocenters. The molecule has 0 N–H and O–H groups in total. The van der Waals surface area contributed by atoms with E-state index in [0.29, 0.717) is 11.5 Å². The van der Waals surface area contributed by atoms with Crippen LogP contribution in [0.2, 0.25) is 0 Å². The highest BCUT2D eigenvalue weighted by atomic mass is 19.1. The molecule has 19 heavy (non-hydrogen) atoms. The van der Waals surface area contributed by atoms with E-state index in [9.17, 15) is 4.39 Å². The minimum atomic E-state index is -0.139. The Labute approximate surface area is 113 Å². The molecule has 0 bridgehead atoms. The van der Waals surface area contributed by atoms with Gasteiger partial charge in [-0.15, -0.1) is 0 Å². The van der Waals surface area contributed by atoms with E-state index < -0.39 is 0 Å².